The Balaban J connectivity index is 1.65. The fourth-order valence-corrected chi connectivity index (χ4v) is 4.05. The van der Waals surface area contributed by atoms with Crippen LogP contribution in [-0.2, 0) is 19.1 Å². The molecule has 0 aromatic rings. The fraction of sp³-hybridized carbons (Fsp3) is 0.826. The van der Waals surface area contributed by atoms with E-state index in [1.807, 2.05) is 25.7 Å². The van der Waals surface area contributed by atoms with Crippen LogP contribution in [0, 0.1) is 11.8 Å². The van der Waals surface area contributed by atoms with Crippen LogP contribution in [0.3, 0.4) is 0 Å². The lowest BCUT2D eigenvalue weighted by atomic mass is 9.96. The van der Waals surface area contributed by atoms with Gasteiger partial charge in [-0.25, -0.2) is 4.79 Å². The summed E-state index contributed by atoms with van der Waals surface area (Å²) in [6.45, 7) is 13.9. The predicted octanol–water partition coefficient (Wildman–Crippen LogP) is 1.90. The second kappa shape index (κ2) is 10.5. The Morgan fingerprint density at radius 1 is 1.03 bits per heavy atom. The monoisotopic (exact) mass is 452 g/mol. The minimum absolute atomic E-state index is 0.00952. The zero-order valence-corrected chi connectivity index (χ0v) is 20.5. The van der Waals surface area contributed by atoms with Crippen LogP contribution in [0.15, 0.2) is 0 Å². The van der Waals surface area contributed by atoms with Crippen molar-refractivity contribution in [3.63, 3.8) is 0 Å². The van der Waals surface area contributed by atoms with Crippen LogP contribution in [0.2, 0.25) is 0 Å². The summed E-state index contributed by atoms with van der Waals surface area (Å²) in [5.74, 6) is 0.0114. The van der Waals surface area contributed by atoms with Crippen molar-refractivity contribution in [2.45, 2.75) is 78.4 Å². The third kappa shape index (κ3) is 7.98. The zero-order chi connectivity index (χ0) is 24.1. The van der Waals surface area contributed by atoms with Gasteiger partial charge in [-0.15, -0.1) is 0 Å². The number of carbonyl (C=O) groups excluding carboxylic acids is 4. The van der Waals surface area contributed by atoms with E-state index in [0.29, 0.717) is 32.1 Å². The van der Waals surface area contributed by atoms with Crippen molar-refractivity contribution in [3.05, 3.63) is 0 Å². The van der Waals surface area contributed by atoms with Gasteiger partial charge in [-0.2, -0.15) is 0 Å². The molecule has 9 nitrogen and oxygen atoms in total. The largest absolute Gasteiger partial charge is 0.444 e. The SMILES string of the molecule is CC(C)(C)OC(=O)NCCC(=O)N1CCC(CNC(=O)C2CC(=O)N(C(C)(C)C)C2)CC1. The van der Waals surface area contributed by atoms with Crippen LogP contribution in [-0.4, -0.2) is 77.5 Å². The van der Waals surface area contributed by atoms with E-state index in [-0.39, 0.29) is 48.6 Å². The van der Waals surface area contributed by atoms with Gasteiger partial charge in [0.2, 0.25) is 17.7 Å². The lowest BCUT2D eigenvalue weighted by molar-refractivity contribution is -0.133. The maximum atomic E-state index is 12.5. The van der Waals surface area contributed by atoms with Crippen LogP contribution in [0.1, 0.15) is 67.2 Å². The molecule has 0 aliphatic carbocycles. The van der Waals surface area contributed by atoms with Crippen LogP contribution in [0.5, 0.6) is 0 Å². The minimum Gasteiger partial charge on any atom is -0.444 e. The molecule has 0 saturated carbocycles. The van der Waals surface area contributed by atoms with Gasteiger partial charge in [-0.05, 0) is 60.3 Å². The van der Waals surface area contributed by atoms with Crippen LogP contribution in [0.4, 0.5) is 4.79 Å². The number of likely N-dealkylation sites (tertiary alicyclic amines) is 2. The van der Waals surface area contributed by atoms with E-state index in [1.54, 1.807) is 25.7 Å². The highest BCUT2D eigenvalue weighted by molar-refractivity contribution is 5.89. The smallest absolute Gasteiger partial charge is 0.407 e. The molecular formula is C23H40N4O5. The predicted molar refractivity (Wildman–Crippen MR) is 121 cm³/mol. The molecule has 1 atom stereocenters. The van der Waals surface area contributed by atoms with E-state index in [2.05, 4.69) is 10.6 Å². The highest BCUT2D eigenvalue weighted by Gasteiger charge is 2.39. The zero-order valence-electron chi connectivity index (χ0n) is 20.5. The van der Waals surface area contributed by atoms with Gasteiger partial charge >= 0.3 is 6.09 Å². The number of hydrogen-bond acceptors (Lipinski definition) is 5. The topological polar surface area (TPSA) is 108 Å². The molecule has 182 valence electrons. The first-order valence-corrected chi connectivity index (χ1v) is 11.6. The number of rotatable bonds is 6. The first kappa shape index (κ1) is 25.9. The maximum Gasteiger partial charge on any atom is 0.407 e. The molecule has 4 amide bonds. The second-order valence-corrected chi connectivity index (χ2v) is 10.8. The van der Waals surface area contributed by atoms with Crippen molar-refractivity contribution >= 4 is 23.8 Å². The molecule has 0 radical (unpaired) electrons. The summed E-state index contributed by atoms with van der Waals surface area (Å²) in [7, 11) is 0. The number of carbonyl (C=O) groups is 4. The highest BCUT2D eigenvalue weighted by atomic mass is 16.6. The van der Waals surface area contributed by atoms with Gasteiger partial charge in [0.25, 0.3) is 0 Å². The Labute approximate surface area is 191 Å². The first-order chi connectivity index (χ1) is 14.8. The summed E-state index contributed by atoms with van der Waals surface area (Å²) in [5.41, 5.74) is -0.835. The second-order valence-electron chi connectivity index (χ2n) is 10.8. The molecule has 2 heterocycles. The number of amides is 4. The summed E-state index contributed by atoms with van der Waals surface area (Å²) in [6.07, 6.45) is 1.63. The average Bonchev–Trinajstić information content (AvgIpc) is 3.07. The quantitative estimate of drug-likeness (QED) is 0.640. The maximum absolute atomic E-state index is 12.5. The number of nitrogens with zero attached hydrogens (tertiary/aromatic N) is 2. The molecule has 0 bridgehead atoms. The van der Waals surface area contributed by atoms with Gasteiger partial charge in [0, 0.05) is 51.1 Å². The van der Waals surface area contributed by atoms with Crippen molar-refractivity contribution < 1.29 is 23.9 Å². The normalized spacial score (nSPS) is 20.3. The van der Waals surface area contributed by atoms with E-state index in [9.17, 15) is 19.2 Å². The molecule has 2 saturated heterocycles. The average molecular weight is 453 g/mol. The van der Waals surface area contributed by atoms with Crippen molar-refractivity contribution in [1.82, 2.24) is 20.4 Å². The van der Waals surface area contributed by atoms with E-state index in [4.69, 9.17) is 4.74 Å². The van der Waals surface area contributed by atoms with Crippen LogP contribution < -0.4 is 10.6 Å². The highest BCUT2D eigenvalue weighted by Crippen LogP contribution is 2.26. The molecule has 32 heavy (non-hydrogen) atoms. The summed E-state index contributed by atoms with van der Waals surface area (Å²) < 4.78 is 5.16. The van der Waals surface area contributed by atoms with Gasteiger partial charge in [0.1, 0.15) is 5.60 Å². The molecule has 2 N–H and O–H groups in total. The third-order valence-corrected chi connectivity index (χ3v) is 5.84. The van der Waals surface area contributed by atoms with Crippen molar-refractivity contribution in [3.8, 4) is 0 Å². The molecule has 2 aliphatic rings. The van der Waals surface area contributed by atoms with E-state index < -0.39 is 11.7 Å². The number of alkyl carbamates (subject to hydrolysis) is 1. The summed E-state index contributed by atoms with van der Waals surface area (Å²) in [4.78, 5) is 52.4. The van der Waals surface area contributed by atoms with E-state index in [0.717, 1.165) is 12.8 Å². The van der Waals surface area contributed by atoms with Gasteiger partial charge < -0.3 is 25.2 Å². The van der Waals surface area contributed by atoms with Gasteiger partial charge in [0.15, 0.2) is 0 Å². The van der Waals surface area contributed by atoms with Gasteiger partial charge in [-0.1, -0.05) is 0 Å². The van der Waals surface area contributed by atoms with Gasteiger partial charge in [-0.3, -0.25) is 14.4 Å². The number of ether oxygens (including phenoxy) is 1. The van der Waals surface area contributed by atoms with Crippen molar-refractivity contribution in [2.24, 2.45) is 11.8 Å². The molecule has 0 aromatic carbocycles. The third-order valence-electron chi connectivity index (χ3n) is 5.84. The first-order valence-electron chi connectivity index (χ1n) is 11.6. The Hall–Kier alpha value is -2.32. The Morgan fingerprint density at radius 2 is 1.66 bits per heavy atom. The molecule has 2 aliphatic heterocycles. The molecular weight excluding hydrogens is 412 g/mol. The molecule has 2 fully saturated rings. The Morgan fingerprint density at radius 3 is 2.19 bits per heavy atom. The minimum atomic E-state index is -0.565. The van der Waals surface area contributed by atoms with Crippen molar-refractivity contribution in [2.75, 3.05) is 32.7 Å². The fourth-order valence-electron chi connectivity index (χ4n) is 4.05. The number of nitrogens with one attached hydrogen (secondary N) is 2. The molecule has 0 spiro atoms. The summed E-state index contributed by atoms with van der Waals surface area (Å²) in [6, 6.07) is 0. The van der Waals surface area contributed by atoms with E-state index >= 15 is 0 Å². The summed E-state index contributed by atoms with van der Waals surface area (Å²) in [5, 5.41) is 5.62. The lowest BCUT2D eigenvalue weighted by Crippen LogP contribution is -2.44. The summed E-state index contributed by atoms with van der Waals surface area (Å²) >= 11 is 0. The van der Waals surface area contributed by atoms with E-state index in [1.165, 1.54) is 0 Å². The number of hydrogen-bond donors (Lipinski definition) is 2. The Kier molecular flexibility index (Phi) is 8.54. The standard InChI is InChI=1S/C23H40N4O5/c1-22(2,3)27-15-17(13-19(27)29)20(30)25-14-16-8-11-26(12-9-16)18(28)7-10-24-21(31)32-23(4,5)6/h16-17H,7-15H2,1-6H3,(H,24,31)(H,25,30). The van der Waals surface area contributed by atoms with Crippen LogP contribution in [0.25, 0.3) is 0 Å². The molecule has 2 rings (SSSR count). The molecule has 1 unspecified atom stereocenters. The van der Waals surface area contributed by atoms with Crippen molar-refractivity contribution in [1.29, 1.82) is 0 Å². The van der Waals surface area contributed by atoms with Crippen LogP contribution >= 0.6 is 0 Å². The van der Waals surface area contributed by atoms with Gasteiger partial charge in [0.05, 0.1) is 5.92 Å². The number of piperidine rings is 1. The molecule has 9 heteroatoms. The molecule has 0 aromatic heterocycles. The Bertz CT molecular complexity index is 702. The lowest BCUT2D eigenvalue weighted by Gasteiger charge is -2.33.